The number of anilines is 1. The molecule has 2 aromatic rings. The van der Waals surface area contributed by atoms with Crippen LogP contribution in [-0.2, 0) is 0 Å². The Balaban J connectivity index is 1.52. The number of hydrogen-bond acceptors (Lipinski definition) is 5. The third-order valence-corrected chi connectivity index (χ3v) is 5.18. The van der Waals surface area contributed by atoms with Gasteiger partial charge >= 0.3 is 12.1 Å². The number of halogens is 5. The fourth-order valence-electron chi connectivity index (χ4n) is 3.77. The number of aromatic nitrogens is 3. The molecule has 0 radical (unpaired) electrons. The highest BCUT2D eigenvalue weighted by Gasteiger charge is 2.58. The van der Waals surface area contributed by atoms with Gasteiger partial charge in [-0.05, 0) is 49.9 Å². The van der Waals surface area contributed by atoms with E-state index in [0.717, 1.165) is 25.9 Å². The highest BCUT2D eigenvalue weighted by atomic mass is 19.4. The number of hydrogen-bond donors (Lipinski definition) is 2. The molecule has 11 heteroatoms. The van der Waals surface area contributed by atoms with Gasteiger partial charge in [0, 0.05) is 12.2 Å². The van der Waals surface area contributed by atoms with Crippen LogP contribution in [0.25, 0.3) is 5.65 Å². The van der Waals surface area contributed by atoms with Crippen LogP contribution in [0.2, 0.25) is 0 Å². The van der Waals surface area contributed by atoms with Crippen molar-refractivity contribution in [2.24, 2.45) is 11.8 Å². The minimum absolute atomic E-state index is 0.0826. The molecule has 2 N–H and O–H groups in total. The first kappa shape index (κ1) is 18.2. The first-order valence-corrected chi connectivity index (χ1v) is 8.64. The molecular weight excluding hydrogens is 373 g/mol. The maximum absolute atomic E-state index is 13.1. The van der Waals surface area contributed by atoms with Crippen molar-refractivity contribution in [3.63, 3.8) is 0 Å². The summed E-state index contributed by atoms with van der Waals surface area (Å²) < 4.78 is 69.2. The molecule has 0 spiro atoms. The van der Waals surface area contributed by atoms with Crippen LogP contribution >= 0.6 is 0 Å². The van der Waals surface area contributed by atoms with Crippen LogP contribution in [0.3, 0.4) is 0 Å². The predicted octanol–water partition coefficient (Wildman–Crippen LogP) is 2.72. The SMILES string of the molecule is FC(F)(F)C(F)(F)COc1cccn2nc(NC3C4CCC3CNC4)nc12. The molecule has 148 valence electrons. The standard InChI is InChI=1S/C16H18F5N5O/c17-15(18,16(19,20)21)8-27-11-2-1-5-26-13(11)24-14(25-26)23-12-9-3-4-10(12)7-22-6-9/h1-2,5,9-10,12,22H,3-4,6-8H2,(H,23,25). The quantitative estimate of drug-likeness (QED) is 0.768. The third-order valence-electron chi connectivity index (χ3n) is 5.18. The molecule has 2 unspecified atom stereocenters. The van der Waals surface area contributed by atoms with Crippen molar-refractivity contribution in [1.82, 2.24) is 19.9 Å². The highest BCUT2D eigenvalue weighted by Crippen LogP contribution is 2.37. The predicted molar refractivity (Wildman–Crippen MR) is 86.0 cm³/mol. The van der Waals surface area contributed by atoms with E-state index < -0.39 is 18.7 Å². The second-order valence-corrected chi connectivity index (χ2v) is 6.99. The molecule has 2 fully saturated rings. The average Bonchev–Trinajstić information content (AvgIpc) is 3.08. The lowest BCUT2D eigenvalue weighted by molar-refractivity contribution is -0.289. The van der Waals surface area contributed by atoms with Gasteiger partial charge in [0.2, 0.25) is 5.95 Å². The summed E-state index contributed by atoms with van der Waals surface area (Å²) in [6.45, 7) is -0.00488. The number of nitrogens with one attached hydrogen (secondary N) is 2. The average molecular weight is 391 g/mol. The van der Waals surface area contributed by atoms with Crippen molar-refractivity contribution < 1.29 is 26.7 Å². The van der Waals surface area contributed by atoms with Crippen LogP contribution in [0.1, 0.15) is 12.8 Å². The Labute approximate surface area is 151 Å². The van der Waals surface area contributed by atoms with E-state index in [9.17, 15) is 22.0 Å². The summed E-state index contributed by atoms with van der Waals surface area (Å²) in [5.41, 5.74) is 0.0826. The van der Waals surface area contributed by atoms with Crippen LogP contribution in [0, 0.1) is 11.8 Å². The van der Waals surface area contributed by atoms with Crippen molar-refractivity contribution in [3.05, 3.63) is 18.3 Å². The fourth-order valence-corrected chi connectivity index (χ4v) is 3.77. The van der Waals surface area contributed by atoms with Crippen molar-refractivity contribution in [1.29, 1.82) is 0 Å². The van der Waals surface area contributed by atoms with Gasteiger partial charge in [-0.25, -0.2) is 4.52 Å². The summed E-state index contributed by atoms with van der Waals surface area (Å²) in [5, 5.41) is 10.9. The summed E-state index contributed by atoms with van der Waals surface area (Å²) in [5.74, 6) is -3.92. The molecule has 2 aromatic heterocycles. The van der Waals surface area contributed by atoms with Crippen molar-refractivity contribution in [2.45, 2.75) is 31.0 Å². The molecule has 2 bridgehead atoms. The Kier molecular flexibility index (Phi) is 4.36. The summed E-state index contributed by atoms with van der Waals surface area (Å²) in [6.07, 6.45) is -1.95. The monoisotopic (exact) mass is 391 g/mol. The Morgan fingerprint density at radius 3 is 2.56 bits per heavy atom. The normalized spacial score (nSPS) is 25.7. The van der Waals surface area contributed by atoms with Crippen LogP contribution in [0.15, 0.2) is 18.3 Å². The zero-order valence-corrected chi connectivity index (χ0v) is 14.1. The summed E-state index contributed by atoms with van der Waals surface area (Å²) in [4.78, 5) is 4.24. The number of ether oxygens (including phenoxy) is 1. The number of rotatable bonds is 5. The van der Waals surface area contributed by atoms with Crippen molar-refractivity contribution >= 4 is 11.6 Å². The summed E-state index contributed by atoms with van der Waals surface area (Å²) >= 11 is 0. The van der Waals surface area contributed by atoms with E-state index >= 15 is 0 Å². The van der Waals surface area contributed by atoms with Crippen molar-refractivity contribution in [3.8, 4) is 5.75 Å². The number of piperidine rings is 1. The van der Waals surface area contributed by atoms with Crippen molar-refractivity contribution in [2.75, 3.05) is 25.0 Å². The first-order chi connectivity index (χ1) is 12.7. The van der Waals surface area contributed by atoms with Crippen LogP contribution < -0.4 is 15.4 Å². The molecule has 1 saturated heterocycles. The molecule has 6 nitrogen and oxygen atoms in total. The van der Waals surface area contributed by atoms with Gasteiger partial charge < -0.3 is 15.4 Å². The zero-order valence-electron chi connectivity index (χ0n) is 14.1. The highest BCUT2D eigenvalue weighted by molar-refractivity contribution is 5.55. The lowest BCUT2D eigenvalue weighted by Crippen LogP contribution is -2.45. The van der Waals surface area contributed by atoms with Gasteiger partial charge in [0.1, 0.15) is 0 Å². The summed E-state index contributed by atoms with van der Waals surface area (Å²) in [6, 6.07) is 2.94. The molecule has 0 amide bonds. The van der Waals surface area contributed by atoms with Crippen LogP contribution in [0.5, 0.6) is 5.75 Å². The Morgan fingerprint density at radius 1 is 1.19 bits per heavy atom. The molecule has 1 aliphatic heterocycles. The number of fused-ring (bicyclic) bond motifs is 3. The van der Waals surface area contributed by atoms with Crippen LogP contribution in [0.4, 0.5) is 27.9 Å². The van der Waals surface area contributed by atoms with E-state index in [1.807, 2.05) is 0 Å². The summed E-state index contributed by atoms with van der Waals surface area (Å²) in [7, 11) is 0. The number of alkyl halides is 5. The largest absolute Gasteiger partial charge is 0.483 e. The molecular formula is C16H18F5N5O. The van der Waals surface area contributed by atoms with E-state index in [-0.39, 0.29) is 17.4 Å². The number of nitrogens with zero attached hydrogens (tertiary/aromatic N) is 3. The maximum atomic E-state index is 13.1. The van der Waals surface area contributed by atoms with Gasteiger partial charge in [-0.15, -0.1) is 5.10 Å². The Bertz CT molecular complexity index is 807. The molecule has 2 atom stereocenters. The number of pyridine rings is 1. The van der Waals surface area contributed by atoms with Gasteiger partial charge in [0.05, 0.1) is 0 Å². The molecule has 1 saturated carbocycles. The minimum Gasteiger partial charge on any atom is -0.483 e. The first-order valence-electron chi connectivity index (χ1n) is 8.64. The molecule has 27 heavy (non-hydrogen) atoms. The lowest BCUT2D eigenvalue weighted by atomic mass is 9.94. The van der Waals surface area contributed by atoms with E-state index in [0.29, 0.717) is 17.8 Å². The molecule has 3 heterocycles. The fraction of sp³-hybridized carbons (Fsp3) is 0.625. The van der Waals surface area contributed by atoms with Gasteiger partial charge in [-0.3, -0.25) is 0 Å². The molecule has 2 aliphatic rings. The smallest absolute Gasteiger partial charge is 0.456 e. The topological polar surface area (TPSA) is 63.5 Å². The second kappa shape index (κ2) is 6.47. The van der Waals surface area contributed by atoms with Crippen LogP contribution in [-0.4, -0.2) is 52.4 Å². The van der Waals surface area contributed by atoms with E-state index in [1.54, 1.807) is 0 Å². The molecule has 4 rings (SSSR count). The minimum atomic E-state index is -5.67. The van der Waals surface area contributed by atoms with Gasteiger partial charge in [0.15, 0.2) is 18.0 Å². The van der Waals surface area contributed by atoms with Gasteiger partial charge in [-0.2, -0.15) is 26.9 Å². The molecule has 1 aliphatic carbocycles. The zero-order chi connectivity index (χ0) is 19.2. The lowest BCUT2D eigenvalue weighted by Gasteiger charge is -2.30. The third kappa shape index (κ3) is 3.40. The van der Waals surface area contributed by atoms with E-state index in [1.165, 1.54) is 22.8 Å². The Hall–Kier alpha value is -2.17. The Morgan fingerprint density at radius 2 is 1.89 bits per heavy atom. The van der Waals surface area contributed by atoms with E-state index in [4.69, 9.17) is 4.74 Å². The molecule has 0 aromatic carbocycles. The maximum Gasteiger partial charge on any atom is 0.456 e. The second-order valence-electron chi connectivity index (χ2n) is 6.99. The van der Waals surface area contributed by atoms with Gasteiger partial charge in [0.25, 0.3) is 0 Å². The van der Waals surface area contributed by atoms with E-state index in [2.05, 4.69) is 20.7 Å². The van der Waals surface area contributed by atoms with Gasteiger partial charge in [-0.1, -0.05) is 0 Å².